The van der Waals surface area contributed by atoms with Crippen molar-refractivity contribution in [3.63, 3.8) is 0 Å². The van der Waals surface area contributed by atoms with E-state index >= 15 is 0 Å². The molecule has 14 heavy (non-hydrogen) atoms. The average molecular weight is 230 g/mol. The maximum absolute atomic E-state index is 5.93. The van der Waals surface area contributed by atoms with Crippen LogP contribution >= 0.6 is 23.2 Å². The Bertz CT molecular complexity index is 321. The van der Waals surface area contributed by atoms with E-state index in [1.807, 2.05) is 12.1 Å². The number of nitrogens with one attached hydrogen (secondary N) is 1. The molecule has 3 heteroatoms. The number of halogens is 2. The first-order chi connectivity index (χ1) is 6.75. The smallest absolute Gasteiger partial charge is 0.0595 e. The Balaban J connectivity index is 1.91. The van der Waals surface area contributed by atoms with Crippen molar-refractivity contribution in [3.05, 3.63) is 33.8 Å². The fourth-order valence-electron chi connectivity index (χ4n) is 1.62. The van der Waals surface area contributed by atoms with E-state index < -0.39 is 0 Å². The van der Waals surface area contributed by atoms with Gasteiger partial charge in [-0.2, -0.15) is 0 Å². The molecule has 1 fully saturated rings. The van der Waals surface area contributed by atoms with Crippen LogP contribution in [0, 0.1) is 5.92 Å². The molecule has 0 aliphatic carbocycles. The molecule has 1 heterocycles. The van der Waals surface area contributed by atoms with Gasteiger partial charge in [-0.3, -0.25) is 0 Å². The van der Waals surface area contributed by atoms with Crippen molar-refractivity contribution in [2.45, 2.75) is 12.8 Å². The molecule has 0 unspecified atom stereocenters. The van der Waals surface area contributed by atoms with E-state index in [4.69, 9.17) is 23.2 Å². The van der Waals surface area contributed by atoms with Crippen molar-refractivity contribution in [1.29, 1.82) is 0 Å². The van der Waals surface area contributed by atoms with Crippen molar-refractivity contribution >= 4 is 23.2 Å². The van der Waals surface area contributed by atoms with Gasteiger partial charge in [-0.15, -0.1) is 0 Å². The average Bonchev–Trinajstić information content (AvgIpc) is 2.08. The first-order valence-corrected chi connectivity index (χ1v) is 5.66. The van der Waals surface area contributed by atoms with Crippen LogP contribution in [0.4, 0.5) is 0 Å². The van der Waals surface area contributed by atoms with Gasteiger partial charge in [0.05, 0.1) is 10.0 Å². The molecule has 1 N–H and O–H groups in total. The number of hydrogen-bond donors (Lipinski definition) is 1. The van der Waals surface area contributed by atoms with Crippen LogP contribution in [0.15, 0.2) is 18.2 Å². The molecule has 0 atom stereocenters. The van der Waals surface area contributed by atoms with Crippen LogP contribution < -0.4 is 5.32 Å². The normalized spacial score (nSPS) is 16.7. The molecule has 1 aliphatic rings. The van der Waals surface area contributed by atoms with Crippen molar-refractivity contribution < 1.29 is 0 Å². The highest BCUT2D eigenvalue weighted by molar-refractivity contribution is 6.42. The van der Waals surface area contributed by atoms with Gasteiger partial charge in [-0.25, -0.2) is 0 Å². The zero-order valence-electron chi connectivity index (χ0n) is 7.89. The standard InChI is InChI=1S/C11H13Cl2N/c12-10-4-3-8(5-11(10)13)1-2-9-6-14-7-9/h3-5,9,14H,1-2,6-7H2. The number of hydrogen-bond acceptors (Lipinski definition) is 1. The maximum Gasteiger partial charge on any atom is 0.0595 e. The second-order valence-corrected chi connectivity index (χ2v) is 4.63. The molecule has 2 rings (SSSR count). The Kier molecular flexibility index (Phi) is 3.32. The van der Waals surface area contributed by atoms with Gasteiger partial charge in [0.2, 0.25) is 0 Å². The van der Waals surface area contributed by atoms with Crippen LogP contribution in [0.25, 0.3) is 0 Å². The Morgan fingerprint density at radius 2 is 2.00 bits per heavy atom. The highest BCUT2D eigenvalue weighted by Gasteiger charge is 2.15. The summed E-state index contributed by atoms with van der Waals surface area (Å²) in [5, 5.41) is 4.57. The van der Waals surface area contributed by atoms with Crippen molar-refractivity contribution in [2.24, 2.45) is 5.92 Å². The minimum Gasteiger partial charge on any atom is -0.316 e. The number of benzene rings is 1. The van der Waals surface area contributed by atoms with E-state index in [9.17, 15) is 0 Å². The Labute approximate surface area is 94.4 Å². The molecular weight excluding hydrogens is 217 g/mol. The summed E-state index contributed by atoms with van der Waals surface area (Å²) in [6, 6.07) is 5.90. The fourth-order valence-corrected chi connectivity index (χ4v) is 1.94. The lowest BCUT2D eigenvalue weighted by Gasteiger charge is -2.26. The predicted molar refractivity (Wildman–Crippen MR) is 61.1 cm³/mol. The lowest BCUT2D eigenvalue weighted by atomic mass is 9.95. The minimum atomic E-state index is 0.640. The van der Waals surface area contributed by atoms with Gasteiger partial charge in [0.15, 0.2) is 0 Å². The third-order valence-corrected chi connectivity index (χ3v) is 3.43. The highest BCUT2D eigenvalue weighted by Crippen LogP contribution is 2.24. The van der Waals surface area contributed by atoms with Crippen LogP contribution in [0.3, 0.4) is 0 Å². The summed E-state index contributed by atoms with van der Waals surface area (Å²) in [5.41, 5.74) is 1.28. The van der Waals surface area contributed by atoms with E-state index in [1.165, 1.54) is 25.1 Å². The lowest BCUT2D eigenvalue weighted by Crippen LogP contribution is -2.42. The Morgan fingerprint density at radius 1 is 1.21 bits per heavy atom. The van der Waals surface area contributed by atoms with Gasteiger partial charge in [-0.1, -0.05) is 29.3 Å². The minimum absolute atomic E-state index is 0.640. The van der Waals surface area contributed by atoms with Crippen molar-refractivity contribution in [3.8, 4) is 0 Å². The summed E-state index contributed by atoms with van der Waals surface area (Å²) in [5.74, 6) is 0.851. The van der Waals surface area contributed by atoms with E-state index in [-0.39, 0.29) is 0 Å². The van der Waals surface area contributed by atoms with Gasteiger partial charge in [0.1, 0.15) is 0 Å². The summed E-state index contributed by atoms with van der Waals surface area (Å²) in [7, 11) is 0. The van der Waals surface area contributed by atoms with E-state index in [0.717, 1.165) is 12.3 Å². The van der Waals surface area contributed by atoms with E-state index in [0.29, 0.717) is 10.0 Å². The molecule has 0 spiro atoms. The summed E-state index contributed by atoms with van der Waals surface area (Å²) in [4.78, 5) is 0. The molecule has 1 aliphatic heterocycles. The molecule has 0 bridgehead atoms. The third-order valence-electron chi connectivity index (χ3n) is 2.69. The summed E-state index contributed by atoms with van der Waals surface area (Å²) < 4.78 is 0. The second-order valence-electron chi connectivity index (χ2n) is 3.81. The van der Waals surface area contributed by atoms with Gasteiger partial charge in [0, 0.05) is 0 Å². The first kappa shape index (κ1) is 10.3. The zero-order valence-corrected chi connectivity index (χ0v) is 9.41. The van der Waals surface area contributed by atoms with Crippen LogP contribution in [-0.2, 0) is 6.42 Å². The molecule has 0 radical (unpaired) electrons. The second kappa shape index (κ2) is 4.52. The van der Waals surface area contributed by atoms with Crippen molar-refractivity contribution in [1.82, 2.24) is 5.32 Å². The topological polar surface area (TPSA) is 12.0 Å². The van der Waals surface area contributed by atoms with Crippen LogP contribution in [0.5, 0.6) is 0 Å². The molecular formula is C11H13Cl2N. The van der Waals surface area contributed by atoms with Crippen molar-refractivity contribution in [2.75, 3.05) is 13.1 Å². The molecule has 1 saturated heterocycles. The quantitative estimate of drug-likeness (QED) is 0.841. The fraction of sp³-hybridized carbons (Fsp3) is 0.455. The largest absolute Gasteiger partial charge is 0.316 e. The molecule has 1 aromatic rings. The van der Waals surface area contributed by atoms with Gasteiger partial charge in [-0.05, 0) is 49.5 Å². The molecule has 76 valence electrons. The Hall–Kier alpha value is -0.240. The number of aryl methyl sites for hydroxylation is 1. The highest BCUT2D eigenvalue weighted by atomic mass is 35.5. The molecule has 0 saturated carbocycles. The predicted octanol–water partition coefficient (Wildman–Crippen LogP) is 3.15. The monoisotopic (exact) mass is 229 g/mol. The first-order valence-electron chi connectivity index (χ1n) is 4.90. The summed E-state index contributed by atoms with van der Waals surface area (Å²) in [6.45, 7) is 2.34. The molecule has 0 amide bonds. The van der Waals surface area contributed by atoms with Crippen LogP contribution in [-0.4, -0.2) is 13.1 Å². The Morgan fingerprint density at radius 3 is 2.57 bits per heavy atom. The van der Waals surface area contributed by atoms with Gasteiger partial charge >= 0.3 is 0 Å². The summed E-state index contributed by atoms with van der Waals surface area (Å²) in [6.07, 6.45) is 2.34. The van der Waals surface area contributed by atoms with E-state index in [2.05, 4.69) is 11.4 Å². The molecule has 1 aromatic carbocycles. The zero-order chi connectivity index (χ0) is 9.97. The molecule has 0 aromatic heterocycles. The molecule has 1 nitrogen and oxygen atoms in total. The maximum atomic E-state index is 5.93. The third kappa shape index (κ3) is 2.41. The number of rotatable bonds is 3. The van der Waals surface area contributed by atoms with Crippen LogP contribution in [0.2, 0.25) is 10.0 Å². The lowest BCUT2D eigenvalue weighted by molar-refractivity contribution is 0.328. The van der Waals surface area contributed by atoms with E-state index in [1.54, 1.807) is 0 Å². The van der Waals surface area contributed by atoms with Crippen LogP contribution in [0.1, 0.15) is 12.0 Å². The van der Waals surface area contributed by atoms with Gasteiger partial charge < -0.3 is 5.32 Å². The summed E-state index contributed by atoms with van der Waals surface area (Å²) >= 11 is 11.8. The SMILES string of the molecule is Clc1ccc(CCC2CNC2)cc1Cl. The van der Waals surface area contributed by atoms with Gasteiger partial charge in [0.25, 0.3) is 0 Å².